The number of carbonyl (C=O) groups excluding carboxylic acids is 1. The summed E-state index contributed by atoms with van der Waals surface area (Å²) in [5.74, 6) is 3.39. The third kappa shape index (κ3) is 69.7. The molecule has 0 aromatic carbocycles. The van der Waals surface area contributed by atoms with Gasteiger partial charge in [0, 0.05) is 6.42 Å². The van der Waals surface area contributed by atoms with E-state index < -0.39 is 0 Å². The Labute approximate surface area is 162 Å². The van der Waals surface area contributed by atoms with E-state index in [1.54, 1.807) is 6.92 Å². The van der Waals surface area contributed by atoms with E-state index in [4.69, 9.17) is 0 Å². The minimum Gasteiger partial charge on any atom is -0.300 e. The number of rotatable bonds is 8. The quantitative estimate of drug-likeness (QED) is 0.397. The van der Waals surface area contributed by atoms with Gasteiger partial charge in [-0.05, 0) is 37.0 Å². The lowest BCUT2D eigenvalue weighted by Gasteiger charge is -1.95. The Morgan fingerprint density at radius 2 is 1.12 bits per heavy atom. The lowest BCUT2D eigenvalue weighted by Crippen LogP contribution is -1.95. The van der Waals surface area contributed by atoms with Gasteiger partial charge in [0.1, 0.15) is 5.78 Å². The van der Waals surface area contributed by atoms with Crippen LogP contribution in [0.15, 0.2) is 12.7 Å². The summed E-state index contributed by atoms with van der Waals surface area (Å²) in [6.45, 7) is 27.1. The van der Waals surface area contributed by atoms with Crippen molar-refractivity contribution >= 4 is 5.78 Å². The Bertz CT molecular complexity index is 239. The van der Waals surface area contributed by atoms with Crippen molar-refractivity contribution in [2.45, 2.75) is 115 Å². The Kier molecular flexibility index (Phi) is 32.9. The van der Waals surface area contributed by atoms with E-state index in [1.807, 2.05) is 19.9 Å². The normalized spacial score (nSPS) is 9.72. The molecule has 0 unspecified atom stereocenters. The Balaban J connectivity index is -0.000000118. The highest BCUT2D eigenvalue weighted by Gasteiger charge is 1.95. The van der Waals surface area contributed by atoms with E-state index in [0.29, 0.717) is 5.92 Å². The van der Waals surface area contributed by atoms with Crippen LogP contribution in [-0.2, 0) is 4.79 Å². The van der Waals surface area contributed by atoms with Crippen LogP contribution in [0, 0.1) is 23.7 Å². The fourth-order valence-corrected chi connectivity index (χ4v) is 2.06. The summed E-state index contributed by atoms with van der Waals surface area (Å²) in [6, 6.07) is 0. The molecular weight excluding hydrogens is 304 g/mol. The second-order valence-corrected chi connectivity index (χ2v) is 8.58. The first-order valence-electron chi connectivity index (χ1n) is 10.5. The van der Waals surface area contributed by atoms with Crippen molar-refractivity contribution in [1.82, 2.24) is 0 Å². The Hall–Kier alpha value is -0.590. The fraction of sp³-hybridized carbons (Fsp3) is 0.875. The van der Waals surface area contributed by atoms with Crippen molar-refractivity contribution in [3.8, 4) is 0 Å². The van der Waals surface area contributed by atoms with Crippen LogP contribution in [0.4, 0.5) is 0 Å². The predicted molar refractivity (Wildman–Crippen MR) is 119 cm³/mol. The van der Waals surface area contributed by atoms with Gasteiger partial charge in [-0.3, -0.25) is 0 Å². The molecule has 0 spiro atoms. The topological polar surface area (TPSA) is 17.1 Å². The van der Waals surface area contributed by atoms with Crippen LogP contribution in [0.3, 0.4) is 0 Å². The second-order valence-electron chi connectivity index (χ2n) is 8.58. The first kappa shape index (κ1) is 32.1. The minimum atomic E-state index is 0.287. The molecular formula is C24H52O. The molecule has 0 radical (unpaired) electrons. The van der Waals surface area contributed by atoms with E-state index >= 15 is 0 Å². The molecule has 1 nitrogen and oxygen atoms in total. The number of Topliss-reactive ketones (excluding diaryl/α,β-unsaturated/α-hetero) is 1. The highest BCUT2D eigenvalue weighted by Crippen LogP contribution is 2.01. The van der Waals surface area contributed by atoms with Crippen molar-refractivity contribution in [1.29, 1.82) is 0 Å². The molecule has 0 fully saturated rings. The molecule has 0 saturated heterocycles. The molecule has 154 valence electrons. The summed E-state index contributed by atoms with van der Waals surface area (Å²) < 4.78 is 0. The lowest BCUT2D eigenvalue weighted by atomic mass is 10.1. The molecule has 0 aliphatic rings. The molecule has 1 heteroatoms. The van der Waals surface area contributed by atoms with Crippen LogP contribution < -0.4 is 0 Å². The van der Waals surface area contributed by atoms with Gasteiger partial charge < -0.3 is 4.79 Å². The van der Waals surface area contributed by atoms with Crippen molar-refractivity contribution in [2.24, 2.45) is 23.7 Å². The van der Waals surface area contributed by atoms with E-state index in [9.17, 15) is 4.79 Å². The van der Waals surface area contributed by atoms with Gasteiger partial charge in [0.2, 0.25) is 0 Å². The van der Waals surface area contributed by atoms with Crippen molar-refractivity contribution in [2.75, 3.05) is 0 Å². The average Bonchev–Trinajstić information content (AvgIpc) is 2.38. The van der Waals surface area contributed by atoms with Crippen LogP contribution in [0.2, 0.25) is 0 Å². The van der Waals surface area contributed by atoms with Gasteiger partial charge in [-0.1, -0.05) is 101 Å². The average molecular weight is 357 g/mol. The molecule has 0 atom stereocenters. The van der Waals surface area contributed by atoms with Gasteiger partial charge in [0.25, 0.3) is 0 Å². The molecule has 0 bridgehead atoms. The van der Waals surface area contributed by atoms with E-state index in [2.05, 4.69) is 62.0 Å². The highest BCUT2D eigenvalue weighted by molar-refractivity contribution is 5.75. The molecule has 0 rings (SSSR count). The van der Waals surface area contributed by atoms with Crippen LogP contribution in [0.1, 0.15) is 115 Å². The summed E-state index contributed by atoms with van der Waals surface area (Å²) in [7, 11) is 0. The summed E-state index contributed by atoms with van der Waals surface area (Å²) in [4.78, 5) is 10.3. The maximum Gasteiger partial charge on any atom is 0.130 e. The van der Waals surface area contributed by atoms with Crippen molar-refractivity contribution < 1.29 is 4.79 Å². The molecule has 0 N–H and O–H groups in total. The van der Waals surface area contributed by atoms with Gasteiger partial charge in [0.05, 0.1) is 0 Å². The number of carbonyl (C=O) groups is 1. The van der Waals surface area contributed by atoms with Crippen LogP contribution in [0.25, 0.3) is 0 Å². The molecule has 0 heterocycles. The Morgan fingerprint density at radius 1 is 0.760 bits per heavy atom. The Morgan fingerprint density at radius 3 is 1.12 bits per heavy atom. The van der Waals surface area contributed by atoms with Crippen molar-refractivity contribution in [3.05, 3.63) is 12.7 Å². The van der Waals surface area contributed by atoms with Crippen molar-refractivity contribution in [3.63, 3.8) is 0 Å². The van der Waals surface area contributed by atoms with E-state index in [0.717, 1.165) is 30.6 Å². The fourth-order valence-electron chi connectivity index (χ4n) is 2.06. The predicted octanol–water partition coefficient (Wildman–Crippen LogP) is 8.73. The second kappa shape index (κ2) is 25.6. The first-order valence-corrected chi connectivity index (χ1v) is 10.5. The van der Waals surface area contributed by atoms with Crippen LogP contribution in [0.5, 0.6) is 0 Å². The van der Waals surface area contributed by atoms with Gasteiger partial charge in [-0.25, -0.2) is 0 Å². The largest absolute Gasteiger partial charge is 0.300 e. The van der Waals surface area contributed by atoms with Gasteiger partial charge >= 0.3 is 0 Å². The maximum atomic E-state index is 10.3. The smallest absolute Gasteiger partial charge is 0.130 e. The van der Waals surface area contributed by atoms with Gasteiger partial charge in [0.15, 0.2) is 0 Å². The van der Waals surface area contributed by atoms with E-state index in [-0.39, 0.29) is 5.78 Å². The third-order valence-electron chi connectivity index (χ3n) is 3.07. The SMILES string of the molecule is C=CCC(C)C.CC(=O)CC(C)C.CCCC(C)C.CCCC(C)C. The molecule has 0 amide bonds. The first-order chi connectivity index (χ1) is 11.4. The minimum absolute atomic E-state index is 0.287. The zero-order chi connectivity index (χ0) is 20.8. The summed E-state index contributed by atoms with van der Waals surface area (Å²) in [6.07, 6.45) is 9.22. The summed E-state index contributed by atoms with van der Waals surface area (Å²) in [5.41, 5.74) is 0. The lowest BCUT2D eigenvalue weighted by molar-refractivity contribution is -0.117. The maximum absolute atomic E-state index is 10.3. The standard InChI is InChI=1S/C6H12O.2C6H14.C6H12/c1-5(2)4-6(3)7;3*1-4-5-6(2)3/h5H,4H2,1-3H3;2*6H,4-5H2,1-3H3;4,6H,1,5H2,2-3H3. The van der Waals surface area contributed by atoms with Crippen LogP contribution >= 0.6 is 0 Å². The van der Waals surface area contributed by atoms with Gasteiger partial charge in [-0.15, -0.1) is 6.58 Å². The van der Waals surface area contributed by atoms with Crippen LogP contribution in [-0.4, -0.2) is 5.78 Å². The third-order valence-corrected chi connectivity index (χ3v) is 3.07. The monoisotopic (exact) mass is 356 g/mol. The molecule has 0 aromatic rings. The zero-order valence-corrected chi connectivity index (χ0v) is 19.7. The highest BCUT2D eigenvalue weighted by atomic mass is 16.1. The number of allylic oxidation sites excluding steroid dienone is 1. The summed E-state index contributed by atoms with van der Waals surface area (Å²) in [5, 5.41) is 0. The summed E-state index contributed by atoms with van der Waals surface area (Å²) >= 11 is 0. The number of ketones is 1. The zero-order valence-electron chi connectivity index (χ0n) is 19.7. The molecule has 0 aliphatic heterocycles. The van der Waals surface area contributed by atoms with Gasteiger partial charge in [-0.2, -0.15) is 0 Å². The molecule has 0 aliphatic carbocycles. The molecule has 25 heavy (non-hydrogen) atoms. The molecule has 0 saturated carbocycles. The number of hydrogen-bond acceptors (Lipinski definition) is 1. The number of hydrogen-bond donors (Lipinski definition) is 0. The van der Waals surface area contributed by atoms with E-state index in [1.165, 1.54) is 25.7 Å². The molecule has 0 aromatic heterocycles.